The lowest BCUT2D eigenvalue weighted by molar-refractivity contribution is -0.117. The third-order valence-corrected chi connectivity index (χ3v) is 3.90. The highest BCUT2D eigenvalue weighted by atomic mass is 32.2. The summed E-state index contributed by atoms with van der Waals surface area (Å²) in [5, 5.41) is 0.932. The number of rotatable bonds is 7. The van der Waals surface area contributed by atoms with Crippen molar-refractivity contribution in [3.05, 3.63) is 36.7 Å². The van der Waals surface area contributed by atoms with Crippen LogP contribution in [0.2, 0.25) is 0 Å². The summed E-state index contributed by atoms with van der Waals surface area (Å²) in [6.45, 7) is 1.63. The number of thioether (sulfide) groups is 1. The molecule has 0 bridgehead atoms. The van der Waals surface area contributed by atoms with Crippen LogP contribution in [0.3, 0.4) is 0 Å². The second-order valence-electron chi connectivity index (χ2n) is 4.44. The molecule has 0 atom stereocenters. The van der Waals surface area contributed by atoms with Gasteiger partial charge in [0.1, 0.15) is 11.5 Å². The van der Waals surface area contributed by atoms with Crippen LogP contribution in [0.25, 0.3) is 5.69 Å². The van der Waals surface area contributed by atoms with Gasteiger partial charge in [-0.1, -0.05) is 17.8 Å². The van der Waals surface area contributed by atoms with Gasteiger partial charge in [0, 0.05) is 30.6 Å². The predicted molar refractivity (Wildman–Crippen MR) is 80.8 cm³/mol. The zero-order valence-corrected chi connectivity index (χ0v) is 12.5. The van der Waals surface area contributed by atoms with Crippen molar-refractivity contribution >= 4 is 17.5 Å². The van der Waals surface area contributed by atoms with Gasteiger partial charge < -0.3 is 9.53 Å². The molecule has 4 nitrogen and oxygen atoms in total. The van der Waals surface area contributed by atoms with E-state index in [0.717, 1.165) is 28.8 Å². The molecule has 1 aromatic carbocycles. The number of methoxy groups -OCH3 is 1. The van der Waals surface area contributed by atoms with Crippen molar-refractivity contribution in [3.63, 3.8) is 0 Å². The number of Topliss-reactive ketones (excluding diaryl/α,β-unsaturated/α-hetero) is 1. The van der Waals surface area contributed by atoms with Gasteiger partial charge >= 0.3 is 0 Å². The second-order valence-corrected chi connectivity index (χ2v) is 5.50. The van der Waals surface area contributed by atoms with E-state index >= 15 is 0 Å². The van der Waals surface area contributed by atoms with Gasteiger partial charge in [0.2, 0.25) is 0 Å². The summed E-state index contributed by atoms with van der Waals surface area (Å²) < 4.78 is 7.27. The molecule has 0 saturated carbocycles. The molecule has 0 radical (unpaired) electrons. The van der Waals surface area contributed by atoms with Gasteiger partial charge in [0.25, 0.3) is 0 Å². The quantitative estimate of drug-likeness (QED) is 0.579. The van der Waals surface area contributed by atoms with Crippen molar-refractivity contribution in [2.75, 3.05) is 12.9 Å². The Balaban J connectivity index is 2.05. The number of nitrogens with zero attached hydrogens (tertiary/aromatic N) is 2. The van der Waals surface area contributed by atoms with Crippen LogP contribution in [0.15, 0.2) is 41.8 Å². The topological polar surface area (TPSA) is 44.1 Å². The Bertz CT molecular complexity index is 581. The maximum atomic E-state index is 10.9. The Morgan fingerprint density at radius 1 is 1.45 bits per heavy atom. The summed E-state index contributed by atoms with van der Waals surface area (Å²) >= 11 is 1.66. The molecule has 1 heterocycles. The molecule has 0 unspecified atom stereocenters. The predicted octanol–water partition coefficient (Wildman–Crippen LogP) is 3.34. The summed E-state index contributed by atoms with van der Waals surface area (Å²) in [6, 6.07) is 7.86. The highest BCUT2D eigenvalue weighted by Gasteiger charge is 2.06. The molecule has 0 amide bonds. The molecule has 0 N–H and O–H groups in total. The molecule has 0 saturated heterocycles. The molecule has 106 valence electrons. The molecule has 0 fully saturated rings. The standard InChI is InChI=1S/C15H18N2O2S/c1-12(18)5-4-10-20-15-16-8-9-17(15)13-6-3-7-14(11-13)19-2/h3,6-9,11H,4-5,10H2,1-2H3. The van der Waals surface area contributed by atoms with Crippen LogP contribution < -0.4 is 4.74 Å². The first-order valence-electron chi connectivity index (χ1n) is 6.50. The normalized spacial score (nSPS) is 10.5. The minimum absolute atomic E-state index is 0.238. The minimum atomic E-state index is 0.238. The SMILES string of the molecule is COc1cccc(-n2ccnc2SCCCC(C)=O)c1. The molecule has 2 rings (SSSR count). The molecule has 0 aliphatic rings. The van der Waals surface area contributed by atoms with E-state index in [1.807, 2.05) is 35.0 Å². The van der Waals surface area contributed by atoms with E-state index < -0.39 is 0 Å². The fourth-order valence-electron chi connectivity index (χ4n) is 1.84. The lowest BCUT2D eigenvalue weighted by Gasteiger charge is -2.08. The smallest absolute Gasteiger partial charge is 0.172 e. The zero-order valence-electron chi connectivity index (χ0n) is 11.7. The number of carbonyl (C=O) groups is 1. The van der Waals surface area contributed by atoms with Crippen LogP contribution >= 0.6 is 11.8 Å². The van der Waals surface area contributed by atoms with Gasteiger partial charge in [0.15, 0.2) is 5.16 Å². The second kappa shape index (κ2) is 7.14. The zero-order chi connectivity index (χ0) is 14.4. The van der Waals surface area contributed by atoms with Crippen molar-refractivity contribution in [1.82, 2.24) is 9.55 Å². The van der Waals surface area contributed by atoms with Crippen LogP contribution in [0.4, 0.5) is 0 Å². The Morgan fingerprint density at radius 3 is 3.05 bits per heavy atom. The Labute approximate surface area is 123 Å². The van der Waals surface area contributed by atoms with Crippen molar-refractivity contribution < 1.29 is 9.53 Å². The number of aromatic nitrogens is 2. The number of benzene rings is 1. The first-order chi connectivity index (χ1) is 9.70. The fourth-order valence-corrected chi connectivity index (χ4v) is 2.75. The van der Waals surface area contributed by atoms with Crippen LogP contribution in [-0.4, -0.2) is 28.2 Å². The van der Waals surface area contributed by atoms with E-state index in [2.05, 4.69) is 4.98 Å². The lowest BCUT2D eigenvalue weighted by atomic mass is 10.3. The van der Waals surface area contributed by atoms with Gasteiger partial charge in [-0.25, -0.2) is 4.98 Å². The van der Waals surface area contributed by atoms with Crippen molar-refractivity contribution in [1.29, 1.82) is 0 Å². The van der Waals surface area contributed by atoms with E-state index in [4.69, 9.17) is 4.74 Å². The van der Waals surface area contributed by atoms with Gasteiger partial charge in [-0.2, -0.15) is 0 Å². The molecular formula is C15H18N2O2S. The van der Waals surface area contributed by atoms with Gasteiger partial charge in [-0.3, -0.25) is 4.57 Å². The Morgan fingerprint density at radius 2 is 2.30 bits per heavy atom. The lowest BCUT2D eigenvalue weighted by Crippen LogP contribution is -1.97. The van der Waals surface area contributed by atoms with Crippen molar-refractivity contribution in [2.45, 2.75) is 24.9 Å². The number of carbonyl (C=O) groups excluding carboxylic acids is 1. The molecule has 0 aliphatic heterocycles. The number of hydrogen-bond acceptors (Lipinski definition) is 4. The van der Waals surface area contributed by atoms with Crippen LogP contribution in [-0.2, 0) is 4.79 Å². The monoisotopic (exact) mass is 290 g/mol. The molecule has 0 aliphatic carbocycles. The van der Waals surface area contributed by atoms with Crippen LogP contribution in [0.1, 0.15) is 19.8 Å². The molecule has 5 heteroatoms. The molecule has 2 aromatic rings. The highest BCUT2D eigenvalue weighted by Crippen LogP contribution is 2.23. The Kier molecular flexibility index (Phi) is 5.24. The number of hydrogen-bond donors (Lipinski definition) is 0. The van der Waals surface area contributed by atoms with Crippen LogP contribution in [0, 0.1) is 0 Å². The maximum absolute atomic E-state index is 10.9. The van der Waals surface area contributed by atoms with E-state index in [9.17, 15) is 4.79 Å². The van der Waals surface area contributed by atoms with Gasteiger partial charge in [-0.15, -0.1) is 0 Å². The number of ketones is 1. The third kappa shape index (κ3) is 3.87. The maximum Gasteiger partial charge on any atom is 0.172 e. The summed E-state index contributed by atoms with van der Waals surface area (Å²) in [6.07, 6.45) is 5.23. The molecule has 0 spiro atoms. The number of ether oxygens (including phenoxy) is 1. The van der Waals surface area contributed by atoms with Crippen LogP contribution in [0.5, 0.6) is 5.75 Å². The van der Waals surface area contributed by atoms with E-state index in [0.29, 0.717) is 6.42 Å². The first kappa shape index (κ1) is 14.7. The average Bonchev–Trinajstić information content (AvgIpc) is 2.92. The third-order valence-electron chi connectivity index (χ3n) is 2.84. The van der Waals surface area contributed by atoms with Crippen molar-refractivity contribution in [2.24, 2.45) is 0 Å². The fraction of sp³-hybridized carbons (Fsp3) is 0.333. The molecular weight excluding hydrogens is 272 g/mol. The van der Waals surface area contributed by atoms with E-state index in [1.165, 1.54) is 0 Å². The van der Waals surface area contributed by atoms with E-state index in [1.54, 1.807) is 32.0 Å². The summed E-state index contributed by atoms with van der Waals surface area (Å²) in [5.41, 5.74) is 1.02. The molecule has 1 aromatic heterocycles. The highest BCUT2D eigenvalue weighted by molar-refractivity contribution is 7.99. The minimum Gasteiger partial charge on any atom is -0.497 e. The van der Waals surface area contributed by atoms with Crippen molar-refractivity contribution in [3.8, 4) is 11.4 Å². The number of imidazole rings is 1. The average molecular weight is 290 g/mol. The van der Waals surface area contributed by atoms with Gasteiger partial charge in [0.05, 0.1) is 12.8 Å². The molecule has 20 heavy (non-hydrogen) atoms. The largest absolute Gasteiger partial charge is 0.497 e. The Hall–Kier alpha value is -1.75. The summed E-state index contributed by atoms with van der Waals surface area (Å²) in [5.74, 6) is 1.95. The summed E-state index contributed by atoms with van der Waals surface area (Å²) in [4.78, 5) is 15.3. The first-order valence-corrected chi connectivity index (χ1v) is 7.49. The van der Waals surface area contributed by atoms with Gasteiger partial charge in [-0.05, 0) is 25.5 Å². The summed E-state index contributed by atoms with van der Waals surface area (Å²) in [7, 11) is 1.66. The van der Waals surface area contributed by atoms with E-state index in [-0.39, 0.29) is 5.78 Å².